The van der Waals surface area contributed by atoms with Gasteiger partial charge in [0.05, 0.1) is 10.6 Å². The molecule has 2 aromatic carbocycles. The Bertz CT molecular complexity index is 758. The number of benzene rings is 2. The lowest BCUT2D eigenvalue weighted by atomic mass is 10.1. The molecule has 0 saturated carbocycles. The number of sulfone groups is 1. The van der Waals surface area contributed by atoms with Crippen molar-refractivity contribution in [3.8, 4) is 0 Å². The third-order valence-corrected chi connectivity index (χ3v) is 5.88. The third-order valence-electron chi connectivity index (χ3n) is 4.11. The first-order chi connectivity index (χ1) is 12.0. The molecule has 134 valence electrons. The lowest BCUT2D eigenvalue weighted by Crippen LogP contribution is -2.36. The van der Waals surface area contributed by atoms with Crippen LogP contribution in [0, 0.1) is 0 Å². The number of hydrogen-bond donors (Lipinski definition) is 1. The average molecular weight is 359 g/mol. The van der Waals surface area contributed by atoms with Gasteiger partial charge in [-0.1, -0.05) is 56.2 Å². The van der Waals surface area contributed by atoms with Crippen LogP contribution in [0.2, 0.25) is 0 Å². The summed E-state index contributed by atoms with van der Waals surface area (Å²) in [7, 11) is -3.33. The van der Waals surface area contributed by atoms with Crippen molar-refractivity contribution < 1.29 is 13.2 Å². The molecule has 0 spiro atoms. The lowest BCUT2D eigenvalue weighted by Gasteiger charge is -2.19. The molecule has 0 saturated heterocycles. The van der Waals surface area contributed by atoms with E-state index in [4.69, 9.17) is 0 Å². The first-order valence-corrected chi connectivity index (χ1v) is 10.3. The summed E-state index contributed by atoms with van der Waals surface area (Å²) in [5.74, 6) is -0.126. The fourth-order valence-electron chi connectivity index (χ4n) is 2.64. The fraction of sp³-hybridized carbons (Fsp3) is 0.350. The number of carbonyl (C=O) groups excluding carboxylic acids is 1. The molecule has 0 unspecified atom stereocenters. The van der Waals surface area contributed by atoms with Gasteiger partial charge in [-0.2, -0.15) is 0 Å². The molecule has 4 nitrogen and oxygen atoms in total. The van der Waals surface area contributed by atoms with Crippen molar-refractivity contribution in [2.75, 3.05) is 5.75 Å². The molecule has 0 heterocycles. The minimum atomic E-state index is -3.33. The van der Waals surface area contributed by atoms with Gasteiger partial charge < -0.3 is 5.32 Å². The van der Waals surface area contributed by atoms with Gasteiger partial charge in [0.15, 0.2) is 9.84 Å². The predicted molar refractivity (Wildman–Crippen MR) is 100 cm³/mol. The van der Waals surface area contributed by atoms with Crippen molar-refractivity contribution in [2.24, 2.45) is 0 Å². The van der Waals surface area contributed by atoms with E-state index in [0.717, 1.165) is 19.3 Å². The Labute approximate surface area is 150 Å². The third kappa shape index (κ3) is 6.02. The number of rotatable bonds is 9. The van der Waals surface area contributed by atoms with Gasteiger partial charge in [-0.3, -0.25) is 4.79 Å². The summed E-state index contributed by atoms with van der Waals surface area (Å²) in [6, 6.07) is 17.3. The van der Waals surface area contributed by atoms with Gasteiger partial charge in [-0.15, -0.1) is 0 Å². The summed E-state index contributed by atoms with van der Waals surface area (Å²) in [6.07, 6.45) is 3.14. The van der Waals surface area contributed by atoms with E-state index in [9.17, 15) is 13.2 Å². The van der Waals surface area contributed by atoms with Crippen LogP contribution in [0.3, 0.4) is 0 Å². The largest absolute Gasteiger partial charge is 0.349 e. The number of carbonyl (C=O) groups is 1. The topological polar surface area (TPSA) is 63.2 Å². The Morgan fingerprint density at radius 1 is 0.960 bits per heavy atom. The van der Waals surface area contributed by atoms with E-state index in [1.807, 2.05) is 18.2 Å². The molecule has 0 fully saturated rings. The second-order valence-corrected chi connectivity index (χ2v) is 8.21. The molecule has 2 aromatic rings. The zero-order chi connectivity index (χ0) is 18.1. The molecule has 0 radical (unpaired) electrons. The summed E-state index contributed by atoms with van der Waals surface area (Å²) in [6.45, 7) is 2.08. The highest BCUT2D eigenvalue weighted by Gasteiger charge is 2.19. The first kappa shape index (κ1) is 19.2. The molecule has 0 aliphatic heterocycles. The van der Waals surface area contributed by atoms with Crippen LogP contribution in [0.25, 0.3) is 0 Å². The molecule has 1 N–H and O–H groups in total. The molecule has 0 aliphatic rings. The van der Waals surface area contributed by atoms with Gasteiger partial charge in [-0.05, 0) is 37.1 Å². The van der Waals surface area contributed by atoms with Crippen LogP contribution in [0.15, 0.2) is 65.6 Å². The molecule has 5 heteroatoms. The van der Waals surface area contributed by atoms with Crippen molar-refractivity contribution in [3.05, 3.63) is 66.2 Å². The lowest BCUT2D eigenvalue weighted by molar-refractivity contribution is 0.0933. The number of nitrogens with one attached hydrogen (secondary N) is 1. The Morgan fingerprint density at radius 2 is 1.56 bits per heavy atom. The maximum Gasteiger partial charge on any atom is 0.251 e. The summed E-state index contributed by atoms with van der Waals surface area (Å²) >= 11 is 0. The van der Waals surface area contributed by atoms with E-state index in [0.29, 0.717) is 16.9 Å². The quantitative estimate of drug-likeness (QED) is 0.740. The van der Waals surface area contributed by atoms with E-state index in [1.165, 1.54) is 0 Å². The second kappa shape index (κ2) is 9.37. The Balaban J connectivity index is 2.01. The molecule has 0 aliphatic carbocycles. The van der Waals surface area contributed by atoms with Gasteiger partial charge in [0.1, 0.15) is 0 Å². The minimum Gasteiger partial charge on any atom is -0.349 e. The summed E-state index contributed by atoms with van der Waals surface area (Å²) in [5.41, 5.74) is 0.593. The van der Waals surface area contributed by atoms with Crippen LogP contribution < -0.4 is 5.32 Å². The van der Waals surface area contributed by atoms with Crippen molar-refractivity contribution in [1.82, 2.24) is 5.32 Å². The van der Waals surface area contributed by atoms with Crippen LogP contribution in [-0.4, -0.2) is 26.1 Å². The van der Waals surface area contributed by atoms with Crippen molar-refractivity contribution >= 4 is 15.7 Å². The normalized spacial score (nSPS) is 12.5. The fourth-order valence-corrected chi connectivity index (χ4v) is 4.04. The van der Waals surface area contributed by atoms with Crippen LogP contribution in [-0.2, 0) is 9.84 Å². The van der Waals surface area contributed by atoms with E-state index < -0.39 is 9.84 Å². The van der Waals surface area contributed by atoms with Crippen LogP contribution >= 0.6 is 0 Å². The van der Waals surface area contributed by atoms with Gasteiger partial charge in [0, 0.05) is 11.6 Å². The molecule has 0 aromatic heterocycles. The van der Waals surface area contributed by atoms with E-state index in [1.54, 1.807) is 42.5 Å². The van der Waals surface area contributed by atoms with Crippen molar-refractivity contribution in [1.29, 1.82) is 0 Å². The number of amides is 1. The van der Waals surface area contributed by atoms with Crippen molar-refractivity contribution in [3.63, 3.8) is 0 Å². The van der Waals surface area contributed by atoms with E-state index in [-0.39, 0.29) is 17.7 Å². The minimum absolute atomic E-state index is 0.0282. The number of unbranched alkanes of at least 4 members (excludes halogenated alkanes) is 1. The maximum atomic E-state index is 12.5. The molecule has 2 rings (SSSR count). The van der Waals surface area contributed by atoms with Crippen LogP contribution in [0.1, 0.15) is 43.0 Å². The molecular formula is C20H25NO3S. The van der Waals surface area contributed by atoms with Crippen molar-refractivity contribution in [2.45, 2.75) is 43.5 Å². The van der Waals surface area contributed by atoms with Crippen LogP contribution in [0.4, 0.5) is 0 Å². The molecular weight excluding hydrogens is 334 g/mol. The molecule has 1 amide bonds. The SMILES string of the molecule is CCCC[C@H](CCS(=O)(=O)c1ccccc1)NC(=O)c1ccccc1. The predicted octanol–water partition coefficient (Wildman–Crippen LogP) is 3.84. The van der Waals surface area contributed by atoms with Crippen LogP contribution in [0.5, 0.6) is 0 Å². The summed E-state index contributed by atoms with van der Waals surface area (Å²) in [5, 5.41) is 2.99. The van der Waals surface area contributed by atoms with Gasteiger partial charge in [0.25, 0.3) is 5.91 Å². The zero-order valence-corrected chi connectivity index (χ0v) is 15.3. The Hall–Kier alpha value is -2.14. The van der Waals surface area contributed by atoms with E-state index in [2.05, 4.69) is 12.2 Å². The summed E-state index contributed by atoms with van der Waals surface area (Å²) in [4.78, 5) is 12.7. The molecule has 0 bridgehead atoms. The number of hydrogen-bond acceptors (Lipinski definition) is 3. The second-order valence-electron chi connectivity index (χ2n) is 6.10. The Kier molecular flexibility index (Phi) is 7.19. The molecule has 1 atom stereocenters. The maximum absolute atomic E-state index is 12.5. The standard InChI is InChI=1S/C20H25NO3S/c1-2-3-12-18(21-20(22)17-10-6-4-7-11-17)15-16-25(23,24)19-13-8-5-9-14-19/h4-11,13-14,18H,2-3,12,15-16H2,1H3,(H,21,22)/t18-/m1/s1. The first-order valence-electron chi connectivity index (χ1n) is 8.66. The average Bonchev–Trinajstić information content (AvgIpc) is 2.65. The molecule has 25 heavy (non-hydrogen) atoms. The highest BCUT2D eigenvalue weighted by Crippen LogP contribution is 2.14. The smallest absolute Gasteiger partial charge is 0.251 e. The van der Waals surface area contributed by atoms with Gasteiger partial charge in [-0.25, -0.2) is 8.42 Å². The highest BCUT2D eigenvalue weighted by molar-refractivity contribution is 7.91. The zero-order valence-electron chi connectivity index (χ0n) is 14.5. The highest BCUT2D eigenvalue weighted by atomic mass is 32.2. The van der Waals surface area contributed by atoms with Gasteiger partial charge in [0.2, 0.25) is 0 Å². The summed E-state index contributed by atoms with van der Waals surface area (Å²) < 4.78 is 24.9. The van der Waals surface area contributed by atoms with E-state index >= 15 is 0 Å². The Morgan fingerprint density at radius 3 is 2.16 bits per heavy atom. The van der Waals surface area contributed by atoms with Gasteiger partial charge >= 0.3 is 0 Å². The monoisotopic (exact) mass is 359 g/mol.